The van der Waals surface area contributed by atoms with Crippen LogP contribution in [0.4, 0.5) is 16.5 Å². The fourth-order valence-corrected chi connectivity index (χ4v) is 5.37. The van der Waals surface area contributed by atoms with E-state index in [2.05, 4.69) is 10.3 Å². The van der Waals surface area contributed by atoms with E-state index in [1.165, 1.54) is 18.2 Å². The number of hydrogen-bond acceptors (Lipinski definition) is 8. The average Bonchev–Trinajstić information content (AvgIpc) is 2.95. The minimum atomic E-state index is -3.36. The molecule has 1 fully saturated rings. The first-order chi connectivity index (χ1) is 15.2. The molecule has 1 N–H and O–H groups in total. The molecule has 3 aromatic rings. The lowest BCUT2D eigenvalue weighted by molar-refractivity contribution is -0.384. The summed E-state index contributed by atoms with van der Waals surface area (Å²) in [5, 5.41) is 14.7. The minimum Gasteiger partial charge on any atom is -0.366 e. The van der Waals surface area contributed by atoms with E-state index in [1.54, 1.807) is 18.2 Å². The number of nitrogens with zero attached hydrogens (tertiary/aromatic N) is 3. The number of aromatic nitrogens is 1. The first-order valence-corrected chi connectivity index (χ1v) is 12.9. The summed E-state index contributed by atoms with van der Waals surface area (Å²) < 4.78 is 24.1. The van der Waals surface area contributed by atoms with E-state index in [-0.39, 0.29) is 21.3 Å². The molecule has 0 saturated carbocycles. The summed E-state index contributed by atoms with van der Waals surface area (Å²) in [7, 11) is -3.36. The van der Waals surface area contributed by atoms with Crippen LogP contribution in [-0.2, 0) is 9.84 Å². The number of thiazole rings is 1. The van der Waals surface area contributed by atoms with Crippen molar-refractivity contribution in [2.24, 2.45) is 0 Å². The van der Waals surface area contributed by atoms with Crippen LogP contribution in [0.15, 0.2) is 41.3 Å². The lowest BCUT2D eigenvalue weighted by Gasteiger charge is -2.22. The van der Waals surface area contributed by atoms with Crippen LogP contribution in [0.25, 0.3) is 10.2 Å². The van der Waals surface area contributed by atoms with Gasteiger partial charge in [-0.2, -0.15) is 0 Å². The summed E-state index contributed by atoms with van der Waals surface area (Å²) in [6.45, 7) is 1.51. The van der Waals surface area contributed by atoms with Gasteiger partial charge in [-0.25, -0.2) is 13.4 Å². The van der Waals surface area contributed by atoms with Crippen LogP contribution in [0.1, 0.15) is 36.0 Å². The van der Waals surface area contributed by atoms with Gasteiger partial charge < -0.3 is 4.90 Å². The Balaban J connectivity index is 1.59. The zero-order chi connectivity index (χ0) is 22.9. The van der Waals surface area contributed by atoms with Crippen molar-refractivity contribution < 1.29 is 18.1 Å². The quantitative estimate of drug-likeness (QED) is 0.433. The van der Waals surface area contributed by atoms with Gasteiger partial charge in [-0.1, -0.05) is 24.2 Å². The Hall–Kier alpha value is -3.05. The Morgan fingerprint density at radius 3 is 2.50 bits per heavy atom. The van der Waals surface area contributed by atoms with Crippen molar-refractivity contribution in [1.82, 2.24) is 4.98 Å². The molecular weight excluding hydrogens is 452 g/mol. The van der Waals surface area contributed by atoms with Crippen LogP contribution in [0.3, 0.4) is 0 Å². The van der Waals surface area contributed by atoms with Gasteiger partial charge in [0.25, 0.3) is 11.6 Å². The van der Waals surface area contributed by atoms with Gasteiger partial charge in [0, 0.05) is 31.0 Å². The SMILES string of the molecule is CS(=O)(=O)c1ccc2nc(NC(=O)c3ccc(N4CCCCCC4)c([N+](=O)[O-])c3)sc2c1. The molecule has 0 unspecified atom stereocenters. The van der Waals surface area contributed by atoms with Gasteiger partial charge >= 0.3 is 0 Å². The number of nitro groups is 1. The molecule has 1 aromatic heterocycles. The third-order valence-corrected chi connectivity index (χ3v) is 7.43. The summed E-state index contributed by atoms with van der Waals surface area (Å²) in [5.41, 5.74) is 1.15. The third-order valence-electron chi connectivity index (χ3n) is 5.39. The molecule has 1 amide bonds. The molecule has 1 aliphatic heterocycles. The van der Waals surface area contributed by atoms with Crippen LogP contribution in [-0.4, -0.2) is 43.6 Å². The molecule has 0 aliphatic carbocycles. The Morgan fingerprint density at radius 1 is 1.12 bits per heavy atom. The van der Waals surface area contributed by atoms with Gasteiger partial charge in [-0.3, -0.25) is 20.2 Å². The fraction of sp³-hybridized carbons (Fsp3) is 0.333. The van der Waals surface area contributed by atoms with Crippen LogP contribution < -0.4 is 10.2 Å². The van der Waals surface area contributed by atoms with Gasteiger partial charge in [-0.05, 0) is 43.2 Å². The molecule has 0 spiro atoms. The van der Waals surface area contributed by atoms with E-state index < -0.39 is 20.7 Å². The number of carbonyl (C=O) groups is 1. The van der Waals surface area contributed by atoms with E-state index in [9.17, 15) is 23.3 Å². The number of nitrogens with one attached hydrogen (secondary N) is 1. The zero-order valence-electron chi connectivity index (χ0n) is 17.4. The topological polar surface area (TPSA) is 123 Å². The molecule has 9 nitrogen and oxygen atoms in total. The molecule has 1 aliphatic rings. The second kappa shape index (κ2) is 8.83. The van der Waals surface area contributed by atoms with Gasteiger partial charge in [0.1, 0.15) is 5.69 Å². The van der Waals surface area contributed by atoms with Crippen LogP contribution in [0.2, 0.25) is 0 Å². The maximum absolute atomic E-state index is 12.8. The largest absolute Gasteiger partial charge is 0.366 e. The zero-order valence-corrected chi connectivity index (χ0v) is 19.0. The van der Waals surface area contributed by atoms with Gasteiger partial charge in [0.2, 0.25) is 0 Å². The highest BCUT2D eigenvalue weighted by Crippen LogP contribution is 2.32. The van der Waals surface area contributed by atoms with E-state index >= 15 is 0 Å². The summed E-state index contributed by atoms with van der Waals surface area (Å²) in [6.07, 6.45) is 5.31. The van der Waals surface area contributed by atoms with E-state index in [0.717, 1.165) is 56.4 Å². The van der Waals surface area contributed by atoms with Gasteiger partial charge in [-0.15, -0.1) is 0 Å². The van der Waals surface area contributed by atoms with Crippen molar-refractivity contribution in [1.29, 1.82) is 0 Å². The van der Waals surface area contributed by atoms with Gasteiger partial charge in [0.15, 0.2) is 15.0 Å². The normalized spacial score (nSPS) is 14.8. The number of amides is 1. The number of carbonyl (C=O) groups excluding carboxylic acids is 1. The lowest BCUT2D eigenvalue weighted by atomic mass is 10.1. The number of anilines is 2. The maximum Gasteiger partial charge on any atom is 0.293 e. The highest BCUT2D eigenvalue weighted by atomic mass is 32.2. The molecule has 4 rings (SSSR count). The molecule has 0 radical (unpaired) electrons. The van der Waals surface area contributed by atoms with Crippen molar-refractivity contribution in [2.45, 2.75) is 30.6 Å². The Labute approximate surface area is 189 Å². The molecular formula is C21H22N4O5S2. The highest BCUT2D eigenvalue weighted by molar-refractivity contribution is 7.90. The number of benzene rings is 2. The molecule has 11 heteroatoms. The average molecular weight is 475 g/mol. The smallest absolute Gasteiger partial charge is 0.293 e. The second-order valence-corrected chi connectivity index (χ2v) is 10.8. The van der Waals surface area contributed by atoms with Crippen molar-refractivity contribution >= 4 is 53.8 Å². The minimum absolute atomic E-state index is 0.0957. The van der Waals surface area contributed by atoms with E-state index in [0.29, 0.717) is 15.9 Å². The second-order valence-electron chi connectivity index (χ2n) is 7.74. The summed E-state index contributed by atoms with van der Waals surface area (Å²) in [6, 6.07) is 9.07. The predicted molar refractivity (Wildman–Crippen MR) is 124 cm³/mol. The lowest BCUT2D eigenvalue weighted by Crippen LogP contribution is -2.25. The molecule has 0 bridgehead atoms. The van der Waals surface area contributed by atoms with Crippen LogP contribution in [0, 0.1) is 10.1 Å². The summed E-state index contributed by atoms with van der Waals surface area (Å²) >= 11 is 1.14. The van der Waals surface area contributed by atoms with Crippen LogP contribution in [0.5, 0.6) is 0 Å². The van der Waals surface area contributed by atoms with Crippen LogP contribution >= 0.6 is 11.3 Å². The monoisotopic (exact) mass is 474 g/mol. The molecule has 168 valence electrons. The van der Waals surface area contributed by atoms with Crippen molar-refractivity contribution in [2.75, 3.05) is 29.6 Å². The van der Waals surface area contributed by atoms with E-state index in [1.807, 2.05) is 4.90 Å². The third kappa shape index (κ3) is 4.73. The molecule has 2 heterocycles. The number of sulfone groups is 1. The summed E-state index contributed by atoms with van der Waals surface area (Å²) in [5.74, 6) is -0.516. The van der Waals surface area contributed by atoms with Crippen molar-refractivity contribution in [3.8, 4) is 0 Å². The Morgan fingerprint density at radius 2 is 1.84 bits per heavy atom. The molecule has 32 heavy (non-hydrogen) atoms. The highest BCUT2D eigenvalue weighted by Gasteiger charge is 2.23. The van der Waals surface area contributed by atoms with E-state index in [4.69, 9.17) is 0 Å². The van der Waals surface area contributed by atoms with Crippen molar-refractivity contribution in [3.05, 3.63) is 52.1 Å². The Kier molecular flexibility index (Phi) is 6.11. The summed E-state index contributed by atoms with van der Waals surface area (Å²) in [4.78, 5) is 30.5. The molecule has 2 aromatic carbocycles. The van der Waals surface area contributed by atoms with Gasteiger partial charge in [0.05, 0.1) is 20.0 Å². The number of nitro benzene ring substituents is 1. The number of hydrogen-bond donors (Lipinski definition) is 1. The first-order valence-electron chi connectivity index (χ1n) is 10.2. The fourth-order valence-electron chi connectivity index (χ4n) is 3.75. The first kappa shape index (κ1) is 22.2. The predicted octanol–water partition coefficient (Wildman–Crippen LogP) is 4.24. The van der Waals surface area contributed by atoms with Crippen molar-refractivity contribution in [3.63, 3.8) is 0 Å². The Bertz CT molecular complexity index is 1290. The maximum atomic E-state index is 12.8. The molecule has 0 atom stereocenters. The molecule has 1 saturated heterocycles. The number of fused-ring (bicyclic) bond motifs is 1. The standard InChI is InChI=1S/C21H22N4O5S2/c1-32(29,30)15-7-8-16-19(13-15)31-21(22-16)23-20(26)14-6-9-17(18(12-14)25(27)28)24-10-4-2-3-5-11-24/h6-9,12-13H,2-5,10-11H2,1H3,(H,22,23,26). The number of rotatable bonds is 5.